The highest BCUT2D eigenvalue weighted by Gasteiger charge is 2.05. The molecule has 0 amide bonds. The average molecular weight is 362 g/mol. The Hall–Kier alpha value is -2.17. The monoisotopic (exact) mass is 361 g/mol. The third kappa shape index (κ3) is 4.22. The molecule has 0 aliphatic carbocycles. The van der Waals surface area contributed by atoms with Crippen molar-refractivity contribution in [3.8, 4) is 17.0 Å². The van der Waals surface area contributed by atoms with Crippen LogP contribution in [0.15, 0.2) is 48.5 Å². The first kappa shape index (κ1) is 16.7. The molecule has 3 aromatic rings. The minimum absolute atomic E-state index is 0.523. The lowest BCUT2D eigenvalue weighted by atomic mass is 10.1. The van der Waals surface area contributed by atoms with Crippen molar-refractivity contribution in [3.05, 3.63) is 64.3 Å². The summed E-state index contributed by atoms with van der Waals surface area (Å²) in [6.45, 7) is 0.567. The van der Waals surface area contributed by atoms with E-state index in [0.717, 1.165) is 35.5 Å². The molecule has 0 aliphatic heterocycles. The molecule has 0 unspecified atom stereocenters. The number of aryl methyl sites for hydroxylation is 1. The Bertz CT molecular complexity index is 815. The van der Waals surface area contributed by atoms with Crippen LogP contribution in [-0.4, -0.2) is 16.8 Å². The number of nitrogens with one attached hydrogen (secondary N) is 1. The molecule has 6 heteroatoms. The van der Waals surface area contributed by atoms with Gasteiger partial charge in [-0.05, 0) is 49.2 Å². The molecular formula is C18H17Cl2N3O. The van der Waals surface area contributed by atoms with Crippen LogP contribution in [0.25, 0.3) is 11.3 Å². The van der Waals surface area contributed by atoms with E-state index in [4.69, 9.17) is 33.7 Å². The van der Waals surface area contributed by atoms with Crippen LogP contribution >= 0.6 is 23.2 Å². The highest BCUT2D eigenvalue weighted by atomic mass is 35.5. The van der Waals surface area contributed by atoms with Crippen molar-refractivity contribution in [2.75, 3.05) is 12.3 Å². The van der Waals surface area contributed by atoms with Crippen LogP contribution in [0.2, 0.25) is 10.0 Å². The molecule has 0 spiro atoms. The van der Waals surface area contributed by atoms with Gasteiger partial charge in [-0.1, -0.05) is 35.3 Å². The van der Waals surface area contributed by atoms with Crippen LogP contribution in [-0.2, 0) is 6.42 Å². The van der Waals surface area contributed by atoms with E-state index >= 15 is 0 Å². The zero-order valence-electron chi connectivity index (χ0n) is 12.9. The van der Waals surface area contributed by atoms with E-state index < -0.39 is 0 Å². The molecule has 1 heterocycles. The predicted octanol–water partition coefficient (Wildman–Crippen LogP) is 4.98. The lowest BCUT2D eigenvalue weighted by molar-refractivity contribution is 0.310. The van der Waals surface area contributed by atoms with E-state index in [1.165, 1.54) is 0 Å². The number of H-pyrrole nitrogens is 1. The third-order valence-electron chi connectivity index (χ3n) is 3.58. The van der Waals surface area contributed by atoms with Crippen molar-refractivity contribution in [3.63, 3.8) is 0 Å². The van der Waals surface area contributed by atoms with Crippen LogP contribution < -0.4 is 10.5 Å². The van der Waals surface area contributed by atoms with Gasteiger partial charge in [0, 0.05) is 22.0 Å². The topological polar surface area (TPSA) is 63.9 Å². The molecule has 0 bridgehead atoms. The molecule has 1 aromatic heterocycles. The molecule has 24 heavy (non-hydrogen) atoms. The summed E-state index contributed by atoms with van der Waals surface area (Å²) in [4.78, 5) is 0. The lowest BCUT2D eigenvalue weighted by Gasteiger charge is -2.07. The molecular weight excluding hydrogens is 345 g/mol. The van der Waals surface area contributed by atoms with Crippen molar-refractivity contribution < 1.29 is 4.74 Å². The van der Waals surface area contributed by atoms with Gasteiger partial charge in [-0.3, -0.25) is 5.10 Å². The molecule has 0 fully saturated rings. The number of hydrogen-bond acceptors (Lipinski definition) is 3. The maximum Gasteiger partial charge on any atom is 0.137 e. The van der Waals surface area contributed by atoms with Crippen LogP contribution in [0.3, 0.4) is 0 Å². The minimum Gasteiger partial charge on any atom is -0.492 e. The van der Waals surface area contributed by atoms with Gasteiger partial charge in [0.15, 0.2) is 0 Å². The van der Waals surface area contributed by atoms with Crippen molar-refractivity contribution in [1.29, 1.82) is 0 Å². The average Bonchev–Trinajstić information content (AvgIpc) is 3.03. The summed E-state index contributed by atoms with van der Waals surface area (Å²) >= 11 is 11.9. The van der Waals surface area contributed by atoms with Crippen molar-refractivity contribution in [2.45, 2.75) is 12.8 Å². The Balaban J connectivity index is 1.51. The van der Waals surface area contributed by atoms with Crippen LogP contribution in [0, 0.1) is 0 Å². The SMILES string of the molecule is Nc1ccc(-c2cc(CCCOc3ccc(Cl)cc3Cl)[nH]n2)cc1. The van der Waals surface area contributed by atoms with Crippen molar-refractivity contribution >= 4 is 28.9 Å². The Morgan fingerprint density at radius 2 is 1.83 bits per heavy atom. The summed E-state index contributed by atoms with van der Waals surface area (Å²) in [5.74, 6) is 0.647. The van der Waals surface area contributed by atoms with Gasteiger partial charge in [-0.15, -0.1) is 0 Å². The molecule has 0 saturated carbocycles. The largest absolute Gasteiger partial charge is 0.492 e. The van der Waals surface area contributed by atoms with E-state index in [2.05, 4.69) is 10.2 Å². The Morgan fingerprint density at radius 3 is 2.58 bits per heavy atom. The highest BCUT2D eigenvalue weighted by molar-refractivity contribution is 6.35. The molecule has 0 aliphatic rings. The first-order valence-corrected chi connectivity index (χ1v) is 8.35. The summed E-state index contributed by atoms with van der Waals surface area (Å²) in [5.41, 5.74) is 9.45. The van der Waals surface area contributed by atoms with Crippen molar-refractivity contribution in [1.82, 2.24) is 10.2 Å². The third-order valence-corrected chi connectivity index (χ3v) is 4.11. The van der Waals surface area contributed by atoms with E-state index in [9.17, 15) is 0 Å². The molecule has 3 rings (SSSR count). The normalized spacial score (nSPS) is 10.8. The van der Waals surface area contributed by atoms with Gasteiger partial charge in [0.05, 0.1) is 17.3 Å². The smallest absolute Gasteiger partial charge is 0.137 e. The second-order valence-corrected chi connectivity index (χ2v) is 6.27. The fourth-order valence-electron chi connectivity index (χ4n) is 2.33. The standard InChI is InChI=1S/C18H17Cl2N3O/c19-13-5-8-18(16(20)10-13)24-9-1-2-15-11-17(23-22-15)12-3-6-14(21)7-4-12/h3-8,10-11H,1-2,9,21H2,(H,22,23). The van der Waals surface area contributed by atoms with E-state index in [1.54, 1.807) is 18.2 Å². The fourth-order valence-corrected chi connectivity index (χ4v) is 2.79. The van der Waals surface area contributed by atoms with Crippen LogP contribution in [0.5, 0.6) is 5.75 Å². The summed E-state index contributed by atoms with van der Waals surface area (Å²) in [5, 5.41) is 8.51. The number of aromatic amines is 1. The fraction of sp³-hybridized carbons (Fsp3) is 0.167. The Morgan fingerprint density at radius 1 is 1.04 bits per heavy atom. The van der Waals surface area contributed by atoms with Gasteiger partial charge in [-0.25, -0.2) is 0 Å². The maximum absolute atomic E-state index is 6.07. The maximum atomic E-state index is 6.07. The van der Waals surface area contributed by atoms with Crippen LogP contribution in [0.4, 0.5) is 5.69 Å². The number of nitrogens with two attached hydrogens (primary N) is 1. The van der Waals surface area contributed by atoms with Gasteiger partial charge in [0.2, 0.25) is 0 Å². The molecule has 2 aromatic carbocycles. The number of aromatic nitrogens is 2. The number of nitrogen functional groups attached to an aromatic ring is 1. The number of rotatable bonds is 6. The first-order chi connectivity index (χ1) is 11.6. The Labute approximate surface area is 150 Å². The van der Waals surface area contributed by atoms with E-state index in [0.29, 0.717) is 22.4 Å². The molecule has 4 nitrogen and oxygen atoms in total. The minimum atomic E-state index is 0.523. The second-order valence-electron chi connectivity index (χ2n) is 5.43. The number of halogens is 2. The van der Waals surface area contributed by atoms with Gasteiger partial charge in [-0.2, -0.15) is 5.10 Å². The van der Waals surface area contributed by atoms with E-state index in [-0.39, 0.29) is 0 Å². The molecule has 0 saturated heterocycles. The summed E-state index contributed by atoms with van der Waals surface area (Å²) < 4.78 is 5.68. The van der Waals surface area contributed by atoms with E-state index in [1.807, 2.05) is 30.3 Å². The zero-order valence-corrected chi connectivity index (χ0v) is 14.4. The van der Waals surface area contributed by atoms with Crippen molar-refractivity contribution in [2.24, 2.45) is 0 Å². The molecule has 124 valence electrons. The molecule has 0 atom stereocenters. The number of benzene rings is 2. The van der Waals surface area contributed by atoms with Gasteiger partial charge in [0.1, 0.15) is 5.75 Å². The lowest BCUT2D eigenvalue weighted by Crippen LogP contribution is -2.00. The number of nitrogens with zero attached hydrogens (tertiary/aromatic N) is 1. The Kier molecular flexibility index (Phi) is 5.28. The highest BCUT2D eigenvalue weighted by Crippen LogP contribution is 2.27. The molecule has 0 radical (unpaired) electrons. The number of anilines is 1. The quantitative estimate of drug-likeness (QED) is 0.480. The second kappa shape index (κ2) is 7.60. The predicted molar refractivity (Wildman–Crippen MR) is 98.7 cm³/mol. The van der Waals surface area contributed by atoms with Gasteiger partial charge in [0.25, 0.3) is 0 Å². The molecule has 3 N–H and O–H groups in total. The number of hydrogen-bond donors (Lipinski definition) is 2. The summed E-state index contributed by atoms with van der Waals surface area (Å²) in [6.07, 6.45) is 1.69. The summed E-state index contributed by atoms with van der Waals surface area (Å²) in [7, 11) is 0. The van der Waals surface area contributed by atoms with Crippen LogP contribution in [0.1, 0.15) is 12.1 Å². The van der Waals surface area contributed by atoms with Gasteiger partial charge >= 0.3 is 0 Å². The summed E-state index contributed by atoms with van der Waals surface area (Å²) in [6, 6.07) is 14.9. The van der Waals surface area contributed by atoms with Gasteiger partial charge < -0.3 is 10.5 Å². The first-order valence-electron chi connectivity index (χ1n) is 7.60. The zero-order chi connectivity index (χ0) is 16.9. The number of ether oxygens (including phenoxy) is 1.